The van der Waals surface area contributed by atoms with Crippen molar-refractivity contribution in [3.05, 3.63) is 34.9 Å². The molecule has 1 aromatic carbocycles. The molecule has 0 saturated heterocycles. The van der Waals surface area contributed by atoms with Crippen LogP contribution in [0.15, 0.2) is 24.3 Å². The molecule has 2 rings (SSSR count). The molecular weight excluding hydrogens is 286 g/mol. The second-order valence-corrected chi connectivity index (χ2v) is 6.38. The second kappa shape index (κ2) is 6.80. The molecule has 1 unspecified atom stereocenters. The first kappa shape index (κ1) is 16.3. The van der Waals surface area contributed by atoms with Crippen LogP contribution in [0.1, 0.15) is 45.1 Å². The van der Waals surface area contributed by atoms with E-state index < -0.39 is 11.5 Å². The van der Waals surface area contributed by atoms with E-state index in [-0.39, 0.29) is 11.8 Å². The highest BCUT2D eigenvalue weighted by molar-refractivity contribution is 6.30. The van der Waals surface area contributed by atoms with Gasteiger partial charge in [-0.15, -0.1) is 0 Å². The monoisotopic (exact) mass is 309 g/mol. The number of aliphatic hydroxyl groups excluding tert-OH is 1. The predicted octanol–water partition coefficient (Wildman–Crippen LogP) is 3.28. The van der Waals surface area contributed by atoms with Crippen molar-refractivity contribution < 1.29 is 9.90 Å². The Morgan fingerprint density at radius 2 is 1.86 bits per heavy atom. The van der Waals surface area contributed by atoms with Gasteiger partial charge >= 0.3 is 0 Å². The van der Waals surface area contributed by atoms with Gasteiger partial charge in [-0.2, -0.15) is 0 Å². The third kappa shape index (κ3) is 3.58. The summed E-state index contributed by atoms with van der Waals surface area (Å²) >= 11 is 5.90. The molecule has 1 amide bonds. The molecule has 3 nitrogen and oxygen atoms in total. The van der Waals surface area contributed by atoms with Crippen molar-refractivity contribution in [1.29, 1.82) is 0 Å². The Bertz CT molecular complexity index is 478. The summed E-state index contributed by atoms with van der Waals surface area (Å²) in [5.74, 6) is 0.269. The number of halogens is 1. The molecule has 4 heteroatoms. The Kier molecular flexibility index (Phi) is 5.28. The van der Waals surface area contributed by atoms with E-state index in [4.69, 9.17) is 11.6 Å². The van der Waals surface area contributed by atoms with Crippen molar-refractivity contribution in [2.45, 2.75) is 51.0 Å². The first-order valence-electron chi connectivity index (χ1n) is 7.76. The summed E-state index contributed by atoms with van der Waals surface area (Å²) in [5.41, 5.74) is 0.611. The predicted molar refractivity (Wildman–Crippen MR) is 85.5 cm³/mol. The lowest BCUT2D eigenvalue weighted by Crippen LogP contribution is -2.41. The molecule has 1 atom stereocenters. The number of rotatable bonds is 7. The number of hydrogen-bond donors (Lipinski definition) is 2. The molecule has 0 aromatic heterocycles. The van der Waals surface area contributed by atoms with Crippen molar-refractivity contribution in [3.63, 3.8) is 0 Å². The van der Waals surface area contributed by atoms with E-state index in [1.807, 2.05) is 24.3 Å². The van der Waals surface area contributed by atoms with E-state index in [1.54, 1.807) is 0 Å². The fourth-order valence-electron chi connectivity index (χ4n) is 2.91. The summed E-state index contributed by atoms with van der Waals surface area (Å²) in [6.07, 6.45) is 3.11. The number of carbonyl (C=O) groups is 1. The maximum atomic E-state index is 12.5. The highest BCUT2D eigenvalue weighted by atomic mass is 35.5. The molecular formula is C17H24ClNO2. The highest BCUT2D eigenvalue weighted by Crippen LogP contribution is 2.48. The van der Waals surface area contributed by atoms with Gasteiger partial charge in [-0.1, -0.05) is 50.4 Å². The van der Waals surface area contributed by atoms with E-state index in [1.165, 1.54) is 0 Å². The van der Waals surface area contributed by atoms with Gasteiger partial charge < -0.3 is 10.4 Å². The van der Waals surface area contributed by atoms with Crippen molar-refractivity contribution >= 4 is 17.5 Å². The summed E-state index contributed by atoms with van der Waals surface area (Å²) < 4.78 is 0. The minimum atomic E-state index is -0.468. The average molecular weight is 310 g/mol. The van der Waals surface area contributed by atoms with E-state index in [9.17, 15) is 9.90 Å². The van der Waals surface area contributed by atoms with Crippen LogP contribution in [-0.4, -0.2) is 23.7 Å². The largest absolute Gasteiger partial charge is 0.391 e. The molecule has 0 heterocycles. The average Bonchev–Trinajstić information content (AvgIpc) is 3.28. The Hall–Kier alpha value is -1.06. The van der Waals surface area contributed by atoms with Gasteiger partial charge in [-0.3, -0.25) is 4.79 Å². The third-order valence-electron chi connectivity index (χ3n) is 4.65. The van der Waals surface area contributed by atoms with Crippen LogP contribution in [0.5, 0.6) is 0 Å². The fraction of sp³-hybridized carbons (Fsp3) is 0.588. The van der Waals surface area contributed by atoms with Crippen LogP contribution in [0.4, 0.5) is 0 Å². The van der Waals surface area contributed by atoms with Gasteiger partial charge in [-0.05, 0) is 36.5 Å². The maximum absolute atomic E-state index is 12.5. The molecule has 1 saturated carbocycles. The van der Waals surface area contributed by atoms with E-state index in [0.29, 0.717) is 11.6 Å². The van der Waals surface area contributed by atoms with Gasteiger partial charge in [-0.25, -0.2) is 0 Å². The van der Waals surface area contributed by atoms with E-state index in [2.05, 4.69) is 19.2 Å². The molecule has 116 valence electrons. The van der Waals surface area contributed by atoms with Gasteiger partial charge in [0.05, 0.1) is 11.5 Å². The van der Waals surface area contributed by atoms with Crippen LogP contribution in [0.2, 0.25) is 5.02 Å². The maximum Gasteiger partial charge on any atom is 0.230 e. The van der Waals surface area contributed by atoms with Crippen LogP contribution in [0.25, 0.3) is 0 Å². The zero-order valence-corrected chi connectivity index (χ0v) is 13.5. The number of amides is 1. The number of aliphatic hydroxyl groups is 1. The molecule has 2 N–H and O–H groups in total. The normalized spacial score (nSPS) is 17.6. The van der Waals surface area contributed by atoms with Gasteiger partial charge in [0.25, 0.3) is 0 Å². The Balaban J connectivity index is 1.95. The molecule has 1 aliphatic rings. The molecule has 0 spiro atoms. The first-order valence-corrected chi connectivity index (χ1v) is 8.13. The Morgan fingerprint density at radius 3 is 2.33 bits per heavy atom. The lowest BCUT2D eigenvalue weighted by molar-refractivity contribution is -0.124. The van der Waals surface area contributed by atoms with Gasteiger partial charge in [0.2, 0.25) is 5.91 Å². The fourth-order valence-corrected chi connectivity index (χ4v) is 3.03. The molecule has 21 heavy (non-hydrogen) atoms. The smallest absolute Gasteiger partial charge is 0.230 e. The van der Waals surface area contributed by atoms with Crippen molar-refractivity contribution in [2.24, 2.45) is 5.92 Å². The van der Waals surface area contributed by atoms with Crippen LogP contribution in [-0.2, 0) is 10.2 Å². The second-order valence-electron chi connectivity index (χ2n) is 5.94. The van der Waals surface area contributed by atoms with Crippen LogP contribution >= 0.6 is 11.6 Å². The first-order chi connectivity index (χ1) is 10.0. The van der Waals surface area contributed by atoms with Gasteiger partial charge in [0.15, 0.2) is 0 Å². The number of hydrogen-bond acceptors (Lipinski definition) is 2. The molecule has 0 radical (unpaired) electrons. The Morgan fingerprint density at radius 1 is 1.29 bits per heavy atom. The lowest BCUT2D eigenvalue weighted by Gasteiger charge is -2.22. The topological polar surface area (TPSA) is 49.3 Å². The summed E-state index contributed by atoms with van der Waals surface area (Å²) in [6.45, 7) is 4.46. The van der Waals surface area contributed by atoms with Crippen molar-refractivity contribution in [2.75, 3.05) is 6.54 Å². The van der Waals surface area contributed by atoms with Gasteiger partial charge in [0.1, 0.15) is 0 Å². The van der Waals surface area contributed by atoms with E-state index in [0.717, 1.165) is 31.2 Å². The molecule has 0 bridgehead atoms. The van der Waals surface area contributed by atoms with Crippen molar-refractivity contribution in [3.8, 4) is 0 Å². The van der Waals surface area contributed by atoms with Gasteiger partial charge in [0, 0.05) is 11.6 Å². The summed E-state index contributed by atoms with van der Waals surface area (Å²) in [7, 11) is 0. The molecule has 0 aliphatic heterocycles. The SMILES string of the molecule is CCC(CC)C(O)CNC(=O)C1(c2ccc(Cl)cc2)CC1. The number of benzene rings is 1. The summed E-state index contributed by atoms with van der Waals surface area (Å²) in [6, 6.07) is 7.49. The minimum Gasteiger partial charge on any atom is -0.391 e. The van der Waals surface area contributed by atoms with Crippen LogP contribution < -0.4 is 5.32 Å². The summed E-state index contributed by atoms with van der Waals surface area (Å²) in [4.78, 5) is 12.5. The number of carbonyl (C=O) groups excluding carboxylic acids is 1. The molecule has 1 fully saturated rings. The zero-order valence-electron chi connectivity index (χ0n) is 12.7. The zero-order chi connectivity index (χ0) is 15.5. The quantitative estimate of drug-likeness (QED) is 0.812. The molecule has 1 aromatic rings. The highest BCUT2D eigenvalue weighted by Gasteiger charge is 2.51. The van der Waals surface area contributed by atoms with Crippen molar-refractivity contribution in [1.82, 2.24) is 5.32 Å². The lowest BCUT2D eigenvalue weighted by atomic mass is 9.94. The van der Waals surface area contributed by atoms with Crippen LogP contribution in [0, 0.1) is 5.92 Å². The summed E-state index contributed by atoms with van der Waals surface area (Å²) in [5, 5.41) is 13.7. The number of nitrogens with one attached hydrogen (secondary N) is 1. The standard InChI is InChI=1S/C17H24ClNO2/c1-3-12(4-2)15(20)11-19-16(21)17(9-10-17)13-5-7-14(18)8-6-13/h5-8,12,15,20H,3-4,9-11H2,1-2H3,(H,19,21). The molecule has 1 aliphatic carbocycles. The van der Waals surface area contributed by atoms with E-state index >= 15 is 0 Å². The third-order valence-corrected chi connectivity index (χ3v) is 4.90. The van der Waals surface area contributed by atoms with Crippen LogP contribution in [0.3, 0.4) is 0 Å². The minimum absolute atomic E-state index is 0.0230. The Labute approximate surface area is 131 Å².